The maximum Gasteiger partial charge on any atom is 0.0596 e. The van der Waals surface area contributed by atoms with Crippen LogP contribution in [0.25, 0.3) is 11.1 Å². The highest BCUT2D eigenvalue weighted by Crippen LogP contribution is 2.31. The molecule has 0 spiro atoms. The Kier molecular flexibility index (Phi) is 4.77. The van der Waals surface area contributed by atoms with Gasteiger partial charge in [-0.05, 0) is 56.0 Å². The molecular formula is C20H25N3. The summed E-state index contributed by atoms with van der Waals surface area (Å²) in [5.41, 5.74) is 6.44. The van der Waals surface area contributed by atoms with Gasteiger partial charge in [0.15, 0.2) is 0 Å². The van der Waals surface area contributed by atoms with Gasteiger partial charge in [0, 0.05) is 18.8 Å². The van der Waals surface area contributed by atoms with Crippen LogP contribution in [0.4, 0.5) is 0 Å². The molecule has 1 unspecified atom stereocenters. The van der Waals surface area contributed by atoms with Crippen molar-refractivity contribution in [2.45, 2.75) is 32.7 Å². The van der Waals surface area contributed by atoms with Gasteiger partial charge in [-0.1, -0.05) is 42.5 Å². The number of hydrogen-bond donors (Lipinski definition) is 1. The average molecular weight is 307 g/mol. The largest absolute Gasteiger partial charge is 0.310 e. The van der Waals surface area contributed by atoms with Gasteiger partial charge in [-0.2, -0.15) is 5.10 Å². The molecule has 0 radical (unpaired) electrons. The molecule has 1 N–H and O–H groups in total. The first kappa shape index (κ1) is 15.8. The fourth-order valence-electron chi connectivity index (χ4n) is 3.21. The SMILES string of the molecule is Cc1cc(CCCNC(C)c2ccc3cccccc2-3)n(C)n1. The van der Waals surface area contributed by atoms with E-state index in [1.54, 1.807) is 0 Å². The van der Waals surface area contributed by atoms with Crippen LogP contribution in [0, 0.1) is 6.92 Å². The van der Waals surface area contributed by atoms with Crippen LogP contribution in [0.1, 0.15) is 36.3 Å². The quantitative estimate of drug-likeness (QED) is 0.694. The van der Waals surface area contributed by atoms with Crippen LogP contribution in [0.5, 0.6) is 0 Å². The van der Waals surface area contributed by atoms with Gasteiger partial charge < -0.3 is 5.32 Å². The van der Waals surface area contributed by atoms with E-state index in [-0.39, 0.29) is 0 Å². The third-order valence-corrected chi connectivity index (χ3v) is 4.45. The Hall–Kier alpha value is -2.13. The van der Waals surface area contributed by atoms with Crippen molar-refractivity contribution >= 4 is 0 Å². The number of nitrogens with one attached hydrogen (secondary N) is 1. The number of fused-ring (bicyclic) bond motifs is 1. The monoisotopic (exact) mass is 307 g/mol. The van der Waals surface area contributed by atoms with Crippen LogP contribution in [-0.4, -0.2) is 16.3 Å². The average Bonchev–Trinajstić information content (AvgIpc) is 2.98. The summed E-state index contributed by atoms with van der Waals surface area (Å²) in [6.07, 6.45) is 2.18. The van der Waals surface area contributed by atoms with Crippen LogP contribution >= 0.6 is 0 Å². The molecule has 3 heteroatoms. The van der Waals surface area contributed by atoms with Crippen LogP contribution in [0.15, 0.2) is 48.5 Å². The number of aryl methyl sites for hydroxylation is 3. The first-order chi connectivity index (χ1) is 11.1. The molecule has 0 aliphatic heterocycles. The van der Waals surface area contributed by atoms with Crippen molar-refractivity contribution in [2.75, 3.05) is 6.54 Å². The van der Waals surface area contributed by atoms with Gasteiger partial charge in [0.2, 0.25) is 0 Å². The molecule has 2 aliphatic rings. The van der Waals surface area contributed by atoms with Crippen molar-refractivity contribution in [3.8, 4) is 11.1 Å². The van der Waals surface area contributed by atoms with Gasteiger partial charge in [0.05, 0.1) is 5.69 Å². The standard InChI is InChI=1S/C20H25N3/c1-15-14-18(23(3)22-15)9-7-13-21-16(2)19-12-11-17-8-5-4-6-10-20(17)19/h4-6,8,10-12,14,16,21H,7,9,13H2,1-3H3. The first-order valence-corrected chi connectivity index (χ1v) is 8.35. The third-order valence-electron chi connectivity index (χ3n) is 4.45. The summed E-state index contributed by atoms with van der Waals surface area (Å²) in [7, 11) is 2.02. The zero-order valence-corrected chi connectivity index (χ0v) is 14.2. The Morgan fingerprint density at radius 3 is 2.74 bits per heavy atom. The van der Waals surface area contributed by atoms with Crippen molar-refractivity contribution in [3.05, 3.63) is 65.5 Å². The molecule has 2 aliphatic carbocycles. The molecule has 120 valence electrons. The summed E-state index contributed by atoms with van der Waals surface area (Å²) in [4.78, 5) is 0. The van der Waals surface area contributed by atoms with Crippen LogP contribution in [-0.2, 0) is 13.5 Å². The lowest BCUT2D eigenvalue weighted by molar-refractivity contribution is 0.552. The molecule has 0 amide bonds. The second kappa shape index (κ2) is 6.97. The van der Waals surface area contributed by atoms with E-state index in [0.29, 0.717) is 6.04 Å². The van der Waals surface area contributed by atoms with E-state index in [4.69, 9.17) is 0 Å². The molecule has 0 bridgehead atoms. The van der Waals surface area contributed by atoms with Gasteiger partial charge in [0.1, 0.15) is 0 Å². The molecule has 0 saturated carbocycles. The molecule has 1 atom stereocenters. The van der Waals surface area contributed by atoms with E-state index in [2.05, 4.69) is 65.9 Å². The number of aromatic nitrogens is 2. The van der Waals surface area contributed by atoms with Crippen LogP contribution in [0.2, 0.25) is 0 Å². The predicted octanol–water partition coefficient (Wildman–Crippen LogP) is 4.12. The molecule has 23 heavy (non-hydrogen) atoms. The molecule has 1 aromatic heterocycles. The minimum absolute atomic E-state index is 0.364. The van der Waals surface area contributed by atoms with Gasteiger partial charge in [-0.15, -0.1) is 0 Å². The normalized spacial score (nSPS) is 12.7. The minimum Gasteiger partial charge on any atom is -0.310 e. The maximum atomic E-state index is 4.40. The van der Waals surface area contributed by atoms with Crippen molar-refractivity contribution < 1.29 is 0 Å². The molecule has 0 fully saturated rings. The highest BCUT2D eigenvalue weighted by atomic mass is 15.3. The predicted molar refractivity (Wildman–Crippen MR) is 95.7 cm³/mol. The summed E-state index contributed by atoms with van der Waals surface area (Å²) in [6, 6.07) is 17.7. The number of rotatable bonds is 6. The Morgan fingerprint density at radius 2 is 1.96 bits per heavy atom. The lowest BCUT2D eigenvalue weighted by Gasteiger charge is -2.14. The van der Waals surface area contributed by atoms with Crippen molar-refractivity contribution in [2.24, 2.45) is 7.05 Å². The van der Waals surface area contributed by atoms with Crippen molar-refractivity contribution in [1.82, 2.24) is 15.1 Å². The van der Waals surface area contributed by atoms with E-state index in [1.807, 2.05) is 18.7 Å². The van der Waals surface area contributed by atoms with E-state index in [1.165, 1.54) is 22.4 Å². The molecular weight excluding hydrogens is 282 g/mol. The number of nitrogens with zero attached hydrogens (tertiary/aromatic N) is 2. The topological polar surface area (TPSA) is 29.9 Å². The summed E-state index contributed by atoms with van der Waals surface area (Å²) in [6.45, 7) is 5.30. The Labute approximate surface area is 138 Å². The van der Waals surface area contributed by atoms with E-state index < -0.39 is 0 Å². The van der Waals surface area contributed by atoms with Gasteiger partial charge in [-0.25, -0.2) is 0 Å². The minimum atomic E-state index is 0.364. The van der Waals surface area contributed by atoms with Gasteiger partial charge in [-0.3, -0.25) is 4.68 Å². The van der Waals surface area contributed by atoms with Crippen LogP contribution < -0.4 is 5.32 Å². The molecule has 0 aromatic carbocycles. The second-order valence-electron chi connectivity index (χ2n) is 6.25. The molecule has 3 rings (SSSR count). The number of hydrogen-bond acceptors (Lipinski definition) is 2. The van der Waals surface area contributed by atoms with Gasteiger partial charge in [0.25, 0.3) is 0 Å². The van der Waals surface area contributed by atoms with E-state index in [0.717, 1.165) is 25.1 Å². The zero-order valence-electron chi connectivity index (χ0n) is 14.2. The smallest absolute Gasteiger partial charge is 0.0596 e. The van der Waals surface area contributed by atoms with Gasteiger partial charge >= 0.3 is 0 Å². The Morgan fingerprint density at radius 1 is 1.13 bits per heavy atom. The van der Waals surface area contributed by atoms with Crippen molar-refractivity contribution in [3.63, 3.8) is 0 Å². The molecule has 1 heterocycles. The molecule has 0 saturated heterocycles. The second-order valence-corrected chi connectivity index (χ2v) is 6.25. The summed E-state index contributed by atoms with van der Waals surface area (Å²) < 4.78 is 1.99. The van der Waals surface area contributed by atoms with Crippen molar-refractivity contribution in [1.29, 1.82) is 0 Å². The summed E-state index contributed by atoms with van der Waals surface area (Å²) >= 11 is 0. The molecule has 3 nitrogen and oxygen atoms in total. The van der Waals surface area contributed by atoms with E-state index in [9.17, 15) is 0 Å². The highest BCUT2D eigenvalue weighted by Gasteiger charge is 2.13. The van der Waals surface area contributed by atoms with E-state index >= 15 is 0 Å². The fraction of sp³-hybridized carbons (Fsp3) is 0.350. The lowest BCUT2D eigenvalue weighted by Crippen LogP contribution is -2.20. The lowest BCUT2D eigenvalue weighted by atomic mass is 10.0. The third kappa shape index (κ3) is 3.62. The first-order valence-electron chi connectivity index (χ1n) is 8.35. The highest BCUT2D eigenvalue weighted by molar-refractivity contribution is 5.70. The Bertz CT molecular complexity index is 744. The maximum absolute atomic E-state index is 4.40. The summed E-state index contributed by atoms with van der Waals surface area (Å²) in [5, 5.41) is 8.06. The Balaban J connectivity index is 1.55. The molecule has 1 aromatic rings. The fourth-order valence-corrected chi connectivity index (χ4v) is 3.21. The zero-order chi connectivity index (χ0) is 16.2. The van der Waals surface area contributed by atoms with Crippen LogP contribution in [0.3, 0.4) is 0 Å². The summed E-state index contributed by atoms with van der Waals surface area (Å²) in [5.74, 6) is 0.